The van der Waals surface area contributed by atoms with Crippen molar-refractivity contribution in [2.75, 3.05) is 6.54 Å². The predicted molar refractivity (Wildman–Crippen MR) is 36.7 cm³/mol. The Hall–Kier alpha value is -1.15. The molecule has 5 N–H and O–H groups in total. The fourth-order valence-corrected chi connectivity index (χ4v) is 1.05. The van der Waals surface area contributed by atoms with Gasteiger partial charge in [-0.2, -0.15) is 0 Å². The van der Waals surface area contributed by atoms with Gasteiger partial charge in [0, 0.05) is 0 Å². The monoisotopic (exact) mass is 214 g/mol. The van der Waals surface area contributed by atoms with Gasteiger partial charge in [0.15, 0.2) is 0 Å². The average molecular weight is 214 g/mol. The minimum absolute atomic E-state index is 0.324. The Bertz CT molecular complexity index is 258. The molecule has 0 aliphatic carbocycles. The number of carboxylic acids is 1. The quantitative estimate of drug-likeness (QED) is 0.219. The highest BCUT2D eigenvalue weighted by Crippen LogP contribution is 2.39. The first-order valence-electron chi connectivity index (χ1n) is 2.78. The van der Waals surface area contributed by atoms with E-state index in [4.69, 9.17) is 20.1 Å². The molecule has 13 heavy (non-hydrogen) atoms. The van der Waals surface area contributed by atoms with E-state index < -0.39 is 26.3 Å². The van der Waals surface area contributed by atoms with Crippen molar-refractivity contribution in [2.45, 2.75) is 0 Å². The topological polar surface area (TPSA) is 147 Å². The molecule has 0 heterocycles. The van der Waals surface area contributed by atoms with Gasteiger partial charge in [-0.3, -0.25) is 10.0 Å². The van der Waals surface area contributed by atoms with Gasteiger partial charge in [-0.1, -0.05) is 0 Å². The van der Waals surface area contributed by atoms with Gasteiger partial charge in [-0.05, 0) is 0 Å². The van der Waals surface area contributed by atoms with Gasteiger partial charge in [-0.25, -0.2) is 19.5 Å². The molecule has 0 saturated carbocycles. The van der Waals surface area contributed by atoms with Crippen LogP contribution in [-0.2, 0) is 9.36 Å². The number of carboxylic acid groups (broad SMARTS) is 1. The van der Waals surface area contributed by atoms with Crippen molar-refractivity contribution in [3.8, 4) is 0 Å². The molecule has 0 rings (SSSR count). The average Bonchev–Trinajstić information content (AvgIpc) is 1.96. The lowest BCUT2D eigenvalue weighted by Crippen LogP contribution is -2.39. The number of carbonyl (C=O) groups excluding carboxylic acids is 1. The summed E-state index contributed by atoms with van der Waals surface area (Å²) < 4.78 is 10.1. The second kappa shape index (κ2) is 4.19. The molecule has 10 heteroatoms. The molecule has 0 fully saturated rings. The molecular formula is C3H7N2O7P. The van der Waals surface area contributed by atoms with E-state index in [-0.39, 0.29) is 4.67 Å². The molecule has 0 aromatic carbocycles. The van der Waals surface area contributed by atoms with Crippen LogP contribution >= 0.6 is 7.75 Å². The van der Waals surface area contributed by atoms with Gasteiger partial charge in [0.2, 0.25) is 0 Å². The standard InChI is InChI=1S/C3H7N2O7P/c6-2(7)1-5(3(8)4-9)13(10,11)12/h9H,1H2,(H,4,8)(H,6,7)(H2,10,11,12). The maximum Gasteiger partial charge on any atom is 0.434 e. The number of rotatable bonds is 3. The lowest BCUT2D eigenvalue weighted by atomic mass is 10.6. The summed E-state index contributed by atoms with van der Waals surface area (Å²) in [6.45, 7) is -1.21. The van der Waals surface area contributed by atoms with E-state index in [0.29, 0.717) is 0 Å². The van der Waals surface area contributed by atoms with E-state index in [0.717, 1.165) is 5.48 Å². The molecule has 0 radical (unpaired) electrons. The van der Waals surface area contributed by atoms with Gasteiger partial charge in [-0.15, -0.1) is 0 Å². The van der Waals surface area contributed by atoms with Crippen LogP contribution in [0.1, 0.15) is 0 Å². The van der Waals surface area contributed by atoms with Gasteiger partial charge < -0.3 is 14.9 Å². The predicted octanol–water partition coefficient (Wildman–Crippen LogP) is -1.44. The Morgan fingerprint density at radius 3 is 2.08 bits per heavy atom. The first-order chi connectivity index (χ1) is 5.79. The first-order valence-corrected chi connectivity index (χ1v) is 4.35. The Labute approximate surface area is 71.8 Å². The molecule has 0 unspecified atom stereocenters. The Balaban J connectivity index is 4.66. The molecule has 9 nitrogen and oxygen atoms in total. The summed E-state index contributed by atoms with van der Waals surface area (Å²) in [5.74, 6) is -1.62. The van der Waals surface area contributed by atoms with Crippen molar-refractivity contribution in [3.05, 3.63) is 0 Å². The first kappa shape index (κ1) is 11.8. The van der Waals surface area contributed by atoms with E-state index in [2.05, 4.69) is 0 Å². The molecule has 0 aliphatic heterocycles. The third-order valence-electron chi connectivity index (χ3n) is 0.930. The molecule has 0 spiro atoms. The SMILES string of the molecule is O=C(O)CN(C(=O)NO)P(=O)(O)O. The number of nitrogens with zero attached hydrogens (tertiary/aromatic N) is 1. The van der Waals surface area contributed by atoms with E-state index in [9.17, 15) is 14.2 Å². The maximum absolute atomic E-state index is 10.5. The fraction of sp³-hybridized carbons (Fsp3) is 0.333. The molecule has 2 amide bonds. The molecular weight excluding hydrogens is 207 g/mol. The molecule has 0 saturated heterocycles. The van der Waals surface area contributed by atoms with Crippen LogP contribution in [0, 0.1) is 0 Å². The third-order valence-corrected chi connectivity index (χ3v) is 1.88. The van der Waals surface area contributed by atoms with Gasteiger partial charge in [0.25, 0.3) is 0 Å². The van der Waals surface area contributed by atoms with Crippen LogP contribution in [0.5, 0.6) is 0 Å². The summed E-state index contributed by atoms with van der Waals surface area (Å²) in [7, 11) is -5.02. The van der Waals surface area contributed by atoms with Crippen molar-refractivity contribution >= 4 is 19.7 Å². The lowest BCUT2D eigenvalue weighted by molar-refractivity contribution is -0.137. The van der Waals surface area contributed by atoms with Crippen molar-refractivity contribution in [1.82, 2.24) is 10.2 Å². The van der Waals surface area contributed by atoms with E-state index >= 15 is 0 Å². The van der Waals surface area contributed by atoms with Gasteiger partial charge in [0.05, 0.1) is 0 Å². The molecule has 0 aliphatic rings. The number of urea groups is 1. The highest BCUT2D eigenvalue weighted by molar-refractivity contribution is 7.50. The number of hydrogen-bond acceptors (Lipinski definition) is 4. The Morgan fingerprint density at radius 2 is 1.85 bits per heavy atom. The Kier molecular flexibility index (Phi) is 3.82. The normalized spacial score (nSPS) is 10.7. The smallest absolute Gasteiger partial charge is 0.434 e. The highest BCUT2D eigenvalue weighted by atomic mass is 31.2. The minimum Gasteiger partial charge on any atom is -0.480 e. The highest BCUT2D eigenvalue weighted by Gasteiger charge is 2.32. The van der Waals surface area contributed by atoms with Crippen LogP contribution in [0.3, 0.4) is 0 Å². The van der Waals surface area contributed by atoms with Crippen LogP contribution in [0.2, 0.25) is 0 Å². The largest absolute Gasteiger partial charge is 0.480 e. The number of hydroxylamine groups is 1. The van der Waals surface area contributed by atoms with Crippen LogP contribution < -0.4 is 5.48 Å². The van der Waals surface area contributed by atoms with Gasteiger partial charge >= 0.3 is 19.7 Å². The fourth-order valence-electron chi connectivity index (χ4n) is 0.468. The van der Waals surface area contributed by atoms with E-state index in [1.165, 1.54) is 0 Å². The van der Waals surface area contributed by atoms with Crippen LogP contribution in [0.15, 0.2) is 0 Å². The maximum atomic E-state index is 10.5. The van der Waals surface area contributed by atoms with Crippen molar-refractivity contribution in [2.24, 2.45) is 0 Å². The van der Waals surface area contributed by atoms with Crippen molar-refractivity contribution < 1.29 is 34.3 Å². The number of aliphatic carboxylic acids is 1. The summed E-state index contributed by atoms with van der Waals surface area (Å²) >= 11 is 0. The van der Waals surface area contributed by atoms with Crippen LogP contribution in [0.4, 0.5) is 4.79 Å². The van der Waals surface area contributed by atoms with Crippen molar-refractivity contribution in [1.29, 1.82) is 0 Å². The second-order valence-electron chi connectivity index (χ2n) is 1.88. The minimum atomic E-state index is -5.02. The van der Waals surface area contributed by atoms with Crippen LogP contribution in [0.25, 0.3) is 0 Å². The van der Waals surface area contributed by atoms with Crippen molar-refractivity contribution in [3.63, 3.8) is 0 Å². The summed E-state index contributed by atoms with van der Waals surface area (Å²) in [6.07, 6.45) is 0. The molecule has 0 aromatic rings. The zero-order valence-electron chi connectivity index (χ0n) is 6.12. The number of amides is 2. The summed E-state index contributed by atoms with van der Waals surface area (Å²) in [6, 6.07) is -1.59. The molecule has 0 aromatic heterocycles. The molecule has 0 bridgehead atoms. The molecule has 0 atom stereocenters. The summed E-state index contributed by atoms with van der Waals surface area (Å²) in [5, 5.41) is 16.1. The number of nitrogens with one attached hydrogen (secondary N) is 1. The lowest BCUT2D eigenvalue weighted by Gasteiger charge is -2.19. The zero-order chi connectivity index (χ0) is 10.6. The third kappa shape index (κ3) is 3.85. The summed E-state index contributed by atoms with van der Waals surface area (Å²) in [4.78, 5) is 37.4. The summed E-state index contributed by atoms with van der Waals surface area (Å²) in [5.41, 5.74) is 0.908. The number of hydrogen-bond donors (Lipinski definition) is 5. The zero-order valence-corrected chi connectivity index (χ0v) is 7.01. The van der Waals surface area contributed by atoms with E-state index in [1.54, 1.807) is 0 Å². The van der Waals surface area contributed by atoms with Gasteiger partial charge in [0.1, 0.15) is 6.54 Å². The number of carbonyl (C=O) groups is 2. The van der Waals surface area contributed by atoms with Crippen LogP contribution in [-0.4, -0.2) is 43.3 Å². The van der Waals surface area contributed by atoms with E-state index in [1.807, 2.05) is 0 Å². The Morgan fingerprint density at radius 1 is 1.38 bits per heavy atom. The molecule has 76 valence electrons. The second-order valence-corrected chi connectivity index (χ2v) is 3.39.